The van der Waals surface area contributed by atoms with E-state index in [0.717, 1.165) is 22.4 Å². The van der Waals surface area contributed by atoms with Crippen LogP contribution in [0.15, 0.2) is 53.4 Å². The number of allylic oxidation sites excluding steroid dienone is 1. The van der Waals surface area contributed by atoms with Gasteiger partial charge in [0.1, 0.15) is 5.75 Å². The lowest BCUT2D eigenvalue weighted by Crippen LogP contribution is -2.33. The van der Waals surface area contributed by atoms with Crippen molar-refractivity contribution in [2.75, 3.05) is 7.11 Å². The van der Waals surface area contributed by atoms with Crippen LogP contribution >= 0.6 is 0 Å². The number of methoxy groups -OCH3 is 1. The van der Waals surface area contributed by atoms with E-state index in [-0.39, 0.29) is 16.7 Å². The minimum Gasteiger partial charge on any atom is -0.497 e. The van der Waals surface area contributed by atoms with Crippen molar-refractivity contribution in [2.24, 2.45) is 5.92 Å². The van der Waals surface area contributed by atoms with Crippen LogP contribution in [-0.2, 0) is 21.2 Å². The summed E-state index contributed by atoms with van der Waals surface area (Å²) in [5.74, 6) is 0.0273. The molecule has 1 amide bonds. The van der Waals surface area contributed by atoms with E-state index in [1.807, 2.05) is 48.5 Å². The molecule has 0 radical (unpaired) electrons. The fourth-order valence-electron chi connectivity index (χ4n) is 3.62. The molecule has 0 saturated heterocycles. The Balaban J connectivity index is 1.46. The number of hydrogen-bond donors (Lipinski definition) is 1. The number of rotatable bonds is 5. The summed E-state index contributed by atoms with van der Waals surface area (Å²) in [6.45, 7) is 0. The summed E-state index contributed by atoms with van der Waals surface area (Å²) in [5.41, 5.74) is 3.03. The van der Waals surface area contributed by atoms with E-state index in [4.69, 9.17) is 4.74 Å². The van der Waals surface area contributed by atoms with Gasteiger partial charge in [-0.05, 0) is 60.1 Å². The highest BCUT2D eigenvalue weighted by molar-refractivity contribution is 7.94. The first-order chi connectivity index (χ1) is 13.0. The number of aryl methyl sites for hydroxylation is 1. The largest absolute Gasteiger partial charge is 0.497 e. The lowest BCUT2D eigenvalue weighted by Gasteiger charge is -2.17. The van der Waals surface area contributed by atoms with E-state index in [2.05, 4.69) is 4.72 Å². The molecule has 2 aliphatic rings. The lowest BCUT2D eigenvalue weighted by molar-refractivity contribution is -0.120. The van der Waals surface area contributed by atoms with Crippen molar-refractivity contribution >= 4 is 22.0 Å². The molecule has 2 unspecified atom stereocenters. The Morgan fingerprint density at radius 1 is 1.11 bits per heavy atom. The summed E-state index contributed by atoms with van der Waals surface area (Å²) < 4.78 is 32.8. The Hall–Kier alpha value is -2.60. The van der Waals surface area contributed by atoms with Crippen LogP contribution in [0.5, 0.6) is 5.75 Å². The summed E-state index contributed by atoms with van der Waals surface area (Å²) in [6.07, 6.45) is 3.38. The van der Waals surface area contributed by atoms with Gasteiger partial charge < -0.3 is 4.74 Å². The van der Waals surface area contributed by atoms with Gasteiger partial charge in [-0.3, -0.25) is 4.79 Å². The summed E-state index contributed by atoms with van der Waals surface area (Å²) in [6, 6.07) is 15.3. The molecular formula is C21H21NO4S. The van der Waals surface area contributed by atoms with Crippen LogP contribution in [0.4, 0.5) is 0 Å². The number of amides is 1. The maximum Gasteiger partial charge on any atom is 0.260 e. The molecule has 27 heavy (non-hydrogen) atoms. The van der Waals surface area contributed by atoms with Gasteiger partial charge in [-0.15, -0.1) is 0 Å². The molecule has 4 rings (SSSR count). The first-order valence-corrected chi connectivity index (χ1v) is 10.5. The predicted molar refractivity (Wildman–Crippen MR) is 104 cm³/mol. The van der Waals surface area contributed by atoms with E-state index < -0.39 is 15.9 Å². The van der Waals surface area contributed by atoms with Crippen LogP contribution in [0.2, 0.25) is 0 Å². The molecular weight excluding hydrogens is 362 g/mol. The highest BCUT2D eigenvalue weighted by atomic mass is 32.2. The number of sulfonamides is 1. The third-order valence-electron chi connectivity index (χ3n) is 5.24. The monoisotopic (exact) mass is 383 g/mol. The average Bonchev–Trinajstić information content (AvgIpc) is 3.48. The van der Waals surface area contributed by atoms with Gasteiger partial charge in [0.15, 0.2) is 0 Å². The predicted octanol–water partition coefficient (Wildman–Crippen LogP) is 3.23. The van der Waals surface area contributed by atoms with E-state index >= 15 is 0 Å². The molecule has 0 spiro atoms. The molecule has 2 aromatic carbocycles. The van der Waals surface area contributed by atoms with Crippen LogP contribution in [0.3, 0.4) is 0 Å². The first-order valence-electron chi connectivity index (χ1n) is 8.97. The van der Waals surface area contributed by atoms with Gasteiger partial charge >= 0.3 is 0 Å². The fraction of sp³-hybridized carbons (Fsp3) is 0.286. The Morgan fingerprint density at radius 2 is 1.93 bits per heavy atom. The highest BCUT2D eigenvalue weighted by Crippen LogP contribution is 2.48. The number of fused-ring (bicyclic) bond motifs is 1. The third kappa shape index (κ3) is 3.62. The van der Waals surface area contributed by atoms with Gasteiger partial charge in [-0.2, -0.15) is 0 Å². The number of ether oxygens (including phenoxy) is 1. The molecule has 2 aromatic rings. The molecule has 5 nitrogen and oxygen atoms in total. The minimum absolute atomic E-state index is 0.0383. The second kappa shape index (κ2) is 6.85. The molecule has 2 atom stereocenters. The third-order valence-corrected chi connectivity index (χ3v) is 6.72. The maximum absolute atomic E-state index is 12.7. The van der Waals surface area contributed by atoms with Crippen LogP contribution in [0.25, 0.3) is 6.08 Å². The molecule has 6 heteroatoms. The lowest BCUT2D eigenvalue weighted by atomic mass is 9.98. The standard InChI is InChI=1S/C21H21NO4S/c1-26-17-8-4-7-16(11-17)19-13-20(19)21(23)22-27(24,25)18-10-9-14-5-2-3-6-15(14)12-18/h2-8,11-12,19-20H,9-10,13H2,1H3,(H,22,23). The van der Waals surface area contributed by atoms with Gasteiger partial charge in [0.25, 0.3) is 10.0 Å². The normalized spacial score (nSPS) is 21.0. The van der Waals surface area contributed by atoms with Crippen molar-refractivity contribution in [1.29, 1.82) is 0 Å². The second-order valence-electron chi connectivity index (χ2n) is 7.00. The first kappa shape index (κ1) is 17.8. The van der Waals surface area contributed by atoms with E-state index in [9.17, 15) is 13.2 Å². The van der Waals surface area contributed by atoms with Crippen molar-refractivity contribution in [2.45, 2.75) is 25.2 Å². The molecule has 0 heterocycles. The van der Waals surface area contributed by atoms with Crippen LogP contribution in [0, 0.1) is 5.92 Å². The molecule has 0 aromatic heterocycles. The van der Waals surface area contributed by atoms with Crippen molar-refractivity contribution in [3.05, 3.63) is 70.1 Å². The SMILES string of the molecule is COc1cccc(C2CC2C(=O)NS(=O)(=O)C2=Cc3ccccc3CC2)c1. The number of carbonyl (C=O) groups is 1. The summed E-state index contributed by atoms with van der Waals surface area (Å²) >= 11 is 0. The van der Waals surface area contributed by atoms with Crippen molar-refractivity contribution in [3.63, 3.8) is 0 Å². The van der Waals surface area contributed by atoms with Crippen molar-refractivity contribution < 1.29 is 17.9 Å². The summed E-state index contributed by atoms with van der Waals surface area (Å²) in [7, 11) is -2.22. The van der Waals surface area contributed by atoms with Gasteiger partial charge in [0.2, 0.25) is 5.91 Å². The maximum atomic E-state index is 12.7. The minimum atomic E-state index is -3.81. The van der Waals surface area contributed by atoms with E-state index in [1.165, 1.54) is 0 Å². The zero-order valence-electron chi connectivity index (χ0n) is 15.0. The molecule has 140 valence electrons. The Bertz CT molecular complexity index is 1030. The van der Waals surface area contributed by atoms with E-state index in [1.54, 1.807) is 13.2 Å². The molecule has 1 N–H and O–H groups in total. The zero-order chi connectivity index (χ0) is 19.0. The smallest absolute Gasteiger partial charge is 0.260 e. The molecule has 0 bridgehead atoms. The topological polar surface area (TPSA) is 72.5 Å². The van der Waals surface area contributed by atoms with Gasteiger partial charge in [-0.1, -0.05) is 36.4 Å². The van der Waals surface area contributed by atoms with Gasteiger partial charge in [0, 0.05) is 5.92 Å². The Labute approximate surface area is 159 Å². The van der Waals surface area contributed by atoms with Crippen LogP contribution in [0.1, 0.15) is 35.4 Å². The van der Waals surface area contributed by atoms with Gasteiger partial charge in [-0.25, -0.2) is 13.1 Å². The molecule has 2 aliphatic carbocycles. The van der Waals surface area contributed by atoms with E-state index in [0.29, 0.717) is 19.3 Å². The molecule has 1 saturated carbocycles. The Kier molecular flexibility index (Phi) is 4.52. The van der Waals surface area contributed by atoms with Crippen molar-refractivity contribution in [1.82, 2.24) is 4.72 Å². The van der Waals surface area contributed by atoms with Gasteiger partial charge in [0.05, 0.1) is 12.0 Å². The Morgan fingerprint density at radius 3 is 2.74 bits per heavy atom. The molecule has 0 aliphatic heterocycles. The van der Waals surface area contributed by atoms with Crippen molar-refractivity contribution in [3.8, 4) is 5.75 Å². The average molecular weight is 383 g/mol. The quantitative estimate of drug-likeness (QED) is 0.860. The zero-order valence-corrected chi connectivity index (χ0v) is 15.8. The number of carbonyl (C=O) groups excluding carboxylic acids is 1. The van der Waals surface area contributed by atoms with Crippen LogP contribution in [-0.4, -0.2) is 21.4 Å². The van der Waals surface area contributed by atoms with Crippen LogP contribution < -0.4 is 9.46 Å². The number of nitrogens with one attached hydrogen (secondary N) is 1. The number of hydrogen-bond acceptors (Lipinski definition) is 4. The highest BCUT2D eigenvalue weighted by Gasteiger charge is 2.45. The summed E-state index contributed by atoms with van der Waals surface area (Å²) in [4.78, 5) is 12.8. The second-order valence-corrected chi connectivity index (χ2v) is 8.74. The summed E-state index contributed by atoms with van der Waals surface area (Å²) in [5, 5.41) is 0. The fourth-order valence-corrected chi connectivity index (χ4v) is 4.82. The molecule has 1 fully saturated rings. The number of benzene rings is 2.